The van der Waals surface area contributed by atoms with E-state index in [4.69, 9.17) is 4.74 Å². The molecule has 112 valence electrons. The summed E-state index contributed by atoms with van der Waals surface area (Å²) < 4.78 is 5.66. The molecule has 3 nitrogen and oxygen atoms in total. The highest BCUT2D eigenvalue weighted by molar-refractivity contribution is 5.28. The number of ether oxygens (including phenoxy) is 1. The van der Waals surface area contributed by atoms with E-state index in [1.54, 1.807) is 0 Å². The molecule has 1 unspecified atom stereocenters. The summed E-state index contributed by atoms with van der Waals surface area (Å²) in [6.45, 7) is 3.10. The lowest BCUT2D eigenvalue weighted by molar-refractivity contribution is 0.102. The van der Waals surface area contributed by atoms with Crippen molar-refractivity contribution >= 4 is 0 Å². The fraction of sp³-hybridized carbons (Fsp3) is 0.647. The Labute approximate surface area is 122 Å². The highest BCUT2D eigenvalue weighted by Gasteiger charge is 2.14. The van der Waals surface area contributed by atoms with Gasteiger partial charge in [0.2, 0.25) is 0 Å². The van der Waals surface area contributed by atoms with Crippen molar-refractivity contribution in [2.24, 2.45) is 0 Å². The van der Waals surface area contributed by atoms with Gasteiger partial charge in [-0.05, 0) is 37.0 Å². The Morgan fingerprint density at radius 2 is 2.10 bits per heavy atom. The van der Waals surface area contributed by atoms with Crippen molar-refractivity contribution in [2.45, 2.75) is 57.6 Å². The van der Waals surface area contributed by atoms with Crippen molar-refractivity contribution in [1.29, 1.82) is 0 Å². The summed E-state index contributed by atoms with van der Waals surface area (Å²) in [5.41, 5.74) is 1.26. The summed E-state index contributed by atoms with van der Waals surface area (Å²) in [4.78, 5) is 0. The summed E-state index contributed by atoms with van der Waals surface area (Å²) in [5, 5.41) is 13.4. The van der Waals surface area contributed by atoms with Crippen molar-refractivity contribution in [3.8, 4) is 5.75 Å². The molecule has 3 heteroatoms. The van der Waals surface area contributed by atoms with E-state index in [0.717, 1.165) is 12.2 Å². The zero-order valence-electron chi connectivity index (χ0n) is 12.5. The van der Waals surface area contributed by atoms with Gasteiger partial charge in [0.25, 0.3) is 0 Å². The molecule has 0 aliphatic heterocycles. The van der Waals surface area contributed by atoms with Gasteiger partial charge in [-0.3, -0.25) is 0 Å². The topological polar surface area (TPSA) is 41.5 Å². The number of aliphatic hydroxyl groups is 1. The predicted molar refractivity (Wildman–Crippen MR) is 82.2 cm³/mol. The van der Waals surface area contributed by atoms with Gasteiger partial charge >= 0.3 is 0 Å². The van der Waals surface area contributed by atoms with Gasteiger partial charge in [-0.2, -0.15) is 0 Å². The minimum atomic E-state index is -0.442. The number of benzene rings is 1. The normalized spacial score (nSPS) is 17.9. The van der Waals surface area contributed by atoms with Gasteiger partial charge in [-0.15, -0.1) is 0 Å². The number of hydrogen-bond donors (Lipinski definition) is 2. The van der Waals surface area contributed by atoms with Crippen LogP contribution >= 0.6 is 0 Å². The Morgan fingerprint density at radius 1 is 1.30 bits per heavy atom. The average Bonchev–Trinajstić information content (AvgIpc) is 2.52. The number of hydrogen-bond acceptors (Lipinski definition) is 3. The van der Waals surface area contributed by atoms with Crippen molar-refractivity contribution in [3.63, 3.8) is 0 Å². The lowest BCUT2D eigenvalue weighted by Crippen LogP contribution is -2.38. The monoisotopic (exact) mass is 277 g/mol. The third-order valence-corrected chi connectivity index (χ3v) is 4.00. The molecule has 20 heavy (non-hydrogen) atoms. The van der Waals surface area contributed by atoms with Crippen LogP contribution in [-0.2, 0) is 6.42 Å². The van der Waals surface area contributed by atoms with Crippen LogP contribution < -0.4 is 10.1 Å². The van der Waals surface area contributed by atoms with E-state index in [0.29, 0.717) is 19.2 Å². The second-order valence-corrected chi connectivity index (χ2v) is 5.71. The smallest absolute Gasteiger partial charge is 0.119 e. The molecule has 0 radical (unpaired) electrons. The Hall–Kier alpha value is -1.06. The highest BCUT2D eigenvalue weighted by Crippen LogP contribution is 2.17. The molecule has 1 aliphatic carbocycles. The standard InChI is InChI=1S/C17H27NO2/c1-2-14-7-6-10-17(11-14)20-13-16(19)12-18-15-8-4-3-5-9-15/h6-7,10-11,15-16,18-19H,2-5,8-9,12-13H2,1H3. The molecule has 1 aliphatic rings. The Bertz CT molecular complexity index is 388. The van der Waals surface area contributed by atoms with Gasteiger partial charge in [-0.1, -0.05) is 38.3 Å². The van der Waals surface area contributed by atoms with Gasteiger partial charge in [0.05, 0.1) is 0 Å². The molecule has 1 saturated carbocycles. The zero-order valence-corrected chi connectivity index (χ0v) is 12.5. The van der Waals surface area contributed by atoms with Gasteiger partial charge in [0.15, 0.2) is 0 Å². The molecule has 0 aromatic heterocycles. The maximum absolute atomic E-state index is 9.98. The molecule has 0 heterocycles. The first kappa shape index (κ1) is 15.3. The minimum Gasteiger partial charge on any atom is -0.491 e. The van der Waals surface area contributed by atoms with E-state index in [1.165, 1.54) is 37.7 Å². The van der Waals surface area contributed by atoms with Crippen molar-refractivity contribution in [3.05, 3.63) is 29.8 Å². The molecule has 1 atom stereocenters. The van der Waals surface area contributed by atoms with E-state index in [2.05, 4.69) is 18.3 Å². The second kappa shape index (κ2) is 8.28. The number of aryl methyl sites for hydroxylation is 1. The Morgan fingerprint density at radius 3 is 2.85 bits per heavy atom. The molecular formula is C17H27NO2. The Balaban J connectivity index is 1.67. The zero-order chi connectivity index (χ0) is 14.2. The predicted octanol–water partition coefficient (Wildman–Crippen LogP) is 2.91. The first-order chi connectivity index (χ1) is 9.78. The minimum absolute atomic E-state index is 0.354. The van der Waals surface area contributed by atoms with Gasteiger partial charge in [0.1, 0.15) is 18.5 Å². The first-order valence-electron chi connectivity index (χ1n) is 7.91. The molecular weight excluding hydrogens is 250 g/mol. The van der Waals surface area contributed by atoms with Crippen LogP contribution in [0.3, 0.4) is 0 Å². The summed E-state index contributed by atoms with van der Waals surface area (Å²) >= 11 is 0. The molecule has 2 rings (SSSR count). The fourth-order valence-corrected chi connectivity index (χ4v) is 2.72. The van der Waals surface area contributed by atoms with E-state index in [-0.39, 0.29) is 0 Å². The first-order valence-corrected chi connectivity index (χ1v) is 7.91. The lowest BCUT2D eigenvalue weighted by atomic mass is 9.95. The second-order valence-electron chi connectivity index (χ2n) is 5.71. The van der Waals surface area contributed by atoms with Crippen LogP contribution in [0, 0.1) is 0 Å². The molecule has 0 amide bonds. The number of aliphatic hydroxyl groups excluding tert-OH is 1. The van der Waals surface area contributed by atoms with E-state index in [1.807, 2.05) is 18.2 Å². The van der Waals surface area contributed by atoms with E-state index >= 15 is 0 Å². The number of nitrogens with one attached hydrogen (secondary N) is 1. The average molecular weight is 277 g/mol. The summed E-state index contributed by atoms with van der Waals surface area (Å²) in [5.74, 6) is 0.848. The van der Waals surface area contributed by atoms with Crippen LogP contribution in [0.25, 0.3) is 0 Å². The van der Waals surface area contributed by atoms with Crippen LogP contribution in [0.15, 0.2) is 24.3 Å². The summed E-state index contributed by atoms with van der Waals surface area (Å²) in [6.07, 6.45) is 7.03. The summed E-state index contributed by atoms with van der Waals surface area (Å²) in [6, 6.07) is 8.66. The molecule has 1 fully saturated rings. The third-order valence-electron chi connectivity index (χ3n) is 4.00. The SMILES string of the molecule is CCc1cccc(OCC(O)CNC2CCCCC2)c1. The molecule has 1 aromatic carbocycles. The molecule has 0 spiro atoms. The quantitative estimate of drug-likeness (QED) is 0.805. The molecule has 2 N–H and O–H groups in total. The van der Waals surface area contributed by atoms with Gasteiger partial charge in [0, 0.05) is 12.6 Å². The van der Waals surface area contributed by atoms with E-state index < -0.39 is 6.10 Å². The largest absolute Gasteiger partial charge is 0.491 e. The van der Waals surface area contributed by atoms with E-state index in [9.17, 15) is 5.11 Å². The van der Waals surface area contributed by atoms with Crippen LogP contribution in [0.4, 0.5) is 0 Å². The third kappa shape index (κ3) is 5.14. The van der Waals surface area contributed by atoms with Crippen molar-refractivity contribution < 1.29 is 9.84 Å². The highest BCUT2D eigenvalue weighted by atomic mass is 16.5. The van der Waals surface area contributed by atoms with Crippen LogP contribution in [-0.4, -0.2) is 30.4 Å². The Kier molecular flexibility index (Phi) is 6.34. The van der Waals surface area contributed by atoms with Crippen molar-refractivity contribution in [2.75, 3.05) is 13.2 Å². The van der Waals surface area contributed by atoms with Crippen LogP contribution in [0.1, 0.15) is 44.6 Å². The van der Waals surface area contributed by atoms with Crippen LogP contribution in [0.2, 0.25) is 0 Å². The number of rotatable bonds is 7. The molecule has 1 aromatic rings. The van der Waals surface area contributed by atoms with Crippen LogP contribution in [0.5, 0.6) is 5.75 Å². The maximum atomic E-state index is 9.98. The lowest BCUT2D eigenvalue weighted by Gasteiger charge is -2.24. The van der Waals surface area contributed by atoms with Gasteiger partial charge < -0.3 is 15.2 Å². The fourth-order valence-electron chi connectivity index (χ4n) is 2.72. The molecule has 0 bridgehead atoms. The molecule has 0 saturated heterocycles. The maximum Gasteiger partial charge on any atom is 0.119 e. The summed E-state index contributed by atoms with van der Waals surface area (Å²) in [7, 11) is 0. The van der Waals surface area contributed by atoms with Gasteiger partial charge in [-0.25, -0.2) is 0 Å². The van der Waals surface area contributed by atoms with Crippen molar-refractivity contribution in [1.82, 2.24) is 5.32 Å².